The Morgan fingerprint density at radius 2 is 2.20 bits per heavy atom. The number of aliphatic hydroxyl groups is 2. The van der Waals surface area contributed by atoms with Crippen molar-refractivity contribution >= 4 is 0 Å². The van der Waals surface area contributed by atoms with Crippen LogP contribution in [0.5, 0.6) is 5.75 Å². The summed E-state index contributed by atoms with van der Waals surface area (Å²) in [6.45, 7) is 5.94. The maximum absolute atomic E-state index is 10.5. The number of ether oxygens (including phenoxy) is 1. The molecule has 1 fully saturated rings. The van der Waals surface area contributed by atoms with Crippen molar-refractivity contribution in [3.63, 3.8) is 0 Å². The standard InChI is InChI=1S/C22H28O3/c1-4-6-8-14(3)18(23)12-11-16-19(24)13-20-21(16)17-10-7-9-15(5-2)22(17)25-20/h7,9-12,14,16,18-21,23-24H,5,8,13H2,1-3H3/t14-,16+,18-,19-,20+,21+/m1/s1. The molecule has 134 valence electrons. The highest BCUT2D eigenvalue weighted by molar-refractivity contribution is 5.49. The zero-order valence-electron chi connectivity index (χ0n) is 15.3. The van der Waals surface area contributed by atoms with Crippen molar-refractivity contribution in [2.24, 2.45) is 11.8 Å². The van der Waals surface area contributed by atoms with Gasteiger partial charge in [0, 0.05) is 30.2 Å². The second kappa shape index (κ2) is 7.64. The Morgan fingerprint density at radius 3 is 2.92 bits per heavy atom. The zero-order chi connectivity index (χ0) is 18.0. The summed E-state index contributed by atoms with van der Waals surface area (Å²) in [4.78, 5) is 0. The van der Waals surface area contributed by atoms with Crippen molar-refractivity contribution in [3.8, 4) is 17.6 Å². The molecule has 1 aliphatic heterocycles. The molecule has 25 heavy (non-hydrogen) atoms. The third-order valence-corrected chi connectivity index (χ3v) is 5.58. The molecule has 0 spiro atoms. The molecule has 0 unspecified atom stereocenters. The number of rotatable bonds is 5. The van der Waals surface area contributed by atoms with Crippen LogP contribution in [-0.2, 0) is 6.42 Å². The molecule has 2 N–H and O–H groups in total. The van der Waals surface area contributed by atoms with E-state index >= 15 is 0 Å². The van der Waals surface area contributed by atoms with E-state index < -0.39 is 12.2 Å². The number of aliphatic hydroxyl groups excluding tert-OH is 2. The fourth-order valence-corrected chi connectivity index (χ4v) is 4.06. The predicted molar refractivity (Wildman–Crippen MR) is 99.5 cm³/mol. The van der Waals surface area contributed by atoms with Gasteiger partial charge in [-0.25, -0.2) is 0 Å². The smallest absolute Gasteiger partial charge is 0.126 e. The second-order valence-electron chi connectivity index (χ2n) is 7.24. The summed E-state index contributed by atoms with van der Waals surface area (Å²) in [7, 11) is 0. The third kappa shape index (κ3) is 3.47. The van der Waals surface area contributed by atoms with Gasteiger partial charge in [0.2, 0.25) is 0 Å². The van der Waals surface area contributed by atoms with E-state index in [1.807, 2.05) is 26.0 Å². The van der Waals surface area contributed by atoms with Crippen LogP contribution in [0.15, 0.2) is 30.4 Å². The molecule has 0 aromatic heterocycles. The zero-order valence-corrected chi connectivity index (χ0v) is 15.3. The summed E-state index contributed by atoms with van der Waals surface area (Å²) < 4.78 is 6.19. The van der Waals surface area contributed by atoms with E-state index in [1.165, 1.54) is 11.1 Å². The van der Waals surface area contributed by atoms with E-state index in [-0.39, 0.29) is 23.9 Å². The van der Waals surface area contributed by atoms with E-state index in [4.69, 9.17) is 4.74 Å². The van der Waals surface area contributed by atoms with E-state index in [0.29, 0.717) is 12.8 Å². The first kappa shape index (κ1) is 18.0. The first-order valence-corrected chi connectivity index (χ1v) is 9.29. The van der Waals surface area contributed by atoms with Gasteiger partial charge in [-0.15, -0.1) is 11.8 Å². The molecule has 6 atom stereocenters. The molecular formula is C22H28O3. The summed E-state index contributed by atoms with van der Waals surface area (Å²) in [5.41, 5.74) is 2.44. The van der Waals surface area contributed by atoms with Crippen LogP contribution in [0.4, 0.5) is 0 Å². The molecule has 2 aliphatic rings. The van der Waals surface area contributed by atoms with Gasteiger partial charge in [-0.1, -0.05) is 44.2 Å². The largest absolute Gasteiger partial charge is 0.489 e. The van der Waals surface area contributed by atoms with Crippen molar-refractivity contribution in [2.45, 2.75) is 64.3 Å². The lowest BCUT2D eigenvalue weighted by Crippen LogP contribution is -2.19. The lowest BCUT2D eigenvalue weighted by Gasteiger charge is -2.19. The van der Waals surface area contributed by atoms with Crippen LogP contribution >= 0.6 is 0 Å². The summed E-state index contributed by atoms with van der Waals surface area (Å²) in [6, 6.07) is 6.31. The molecule has 0 amide bonds. The molecule has 1 aromatic carbocycles. The van der Waals surface area contributed by atoms with E-state index in [1.54, 1.807) is 0 Å². The van der Waals surface area contributed by atoms with Gasteiger partial charge in [-0.05, 0) is 24.8 Å². The molecule has 0 radical (unpaired) electrons. The molecule has 1 aromatic rings. The molecule has 1 aliphatic carbocycles. The summed E-state index contributed by atoms with van der Waals surface area (Å²) in [5, 5.41) is 20.8. The Bertz CT molecular complexity index is 697. The normalized spacial score (nSPS) is 29.5. The van der Waals surface area contributed by atoms with E-state index in [0.717, 1.165) is 12.2 Å². The van der Waals surface area contributed by atoms with Crippen molar-refractivity contribution in [3.05, 3.63) is 41.5 Å². The summed E-state index contributed by atoms with van der Waals surface area (Å²) in [5.74, 6) is 7.13. The minimum Gasteiger partial charge on any atom is -0.489 e. The molecule has 1 saturated carbocycles. The maximum atomic E-state index is 10.5. The summed E-state index contributed by atoms with van der Waals surface area (Å²) in [6.07, 6.45) is 5.15. The molecule has 1 heterocycles. The van der Waals surface area contributed by atoms with Crippen LogP contribution in [0.3, 0.4) is 0 Å². The van der Waals surface area contributed by atoms with Crippen LogP contribution in [0.2, 0.25) is 0 Å². The van der Waals surface area contributed by atoms with E-state index in [9.17, 15) is 10.2 Å². The molecule has 0 saturated heterocycles. The van der Waals surface area contributed by atoms with Gasteiger partial charge < -0.3 is 14.9 Å². The van der Waals surface area contributed by atoms with Crippen molar-refractivity contribution in [1.29, 1.82) is 0 Å². The van der Waals surface area contributed by atoms with Gasteiger partial charge in [0.15, 0.2) is 0 Å². The number of para-hydroxylation sites is 1. The molecule has 3 nitrogen and oxygen atoms in total. The summed E-state index contributed by atoms with van der Waals surface area (Å²) >= 11 is 0. The molecule has 3 heteroatoms. The number of hydrogen-bond acceptors (Lipinski definition) is 3. The molecule has 0 bridgehead atoms. The highest BCUT2D eigenvalue weighted by atomic mass is 16.5. The van der Waals surface area contributed by atoms with Gasteiger partial charge >= 0.3 is 0 Å². The first-order valence-electron chi connectivity index (χ1n) is 9.29. The molecular weight excluding hydrogens is 312 g/mol. The lowest BCUT2D eigenvalue weighted by atomic mass is 9.86. The lowest BCUT2D eigenvalue weighted by molar-refractivity contribution is 0.134. The van der Waals surface area contributed by atoms with Crippen molar-refractivity contribution in [1.82, 2.24) is 0 Å². The fraction of sp³-hybridized carbons (Fsp3) is 0.545. The SMILES string of the molecule is CC#CC[C@@H](C)[C@H](O)C=C[C@@H]1[C@H]2c3cccc(CC)c3O[C@H]2C[C@H]1O. The Morgan fingerprint density at radius 1 is 1.40 bits per heavy atom. The van der Waals surface area contributed by atoms with E-state index in [2.05, 4.69) is 37.0 Å². The highest BCUT2D eigenvalue weighted by Crippen LogP contribution is 2.51. The van der Waals surface area contributed by atoms with Crippen LogP contribution in [0, 0.1) is 23.7 Å². The van der Waals surface area contributed by atoms with Gasteiger partial charge in [0.1, 0.15) is 11.9 Å². The third-order valence-electron chi connectivity index (χ3n) is 5.58. The quantitative estimate of drug-likeness (QED) is 0.638. The van der Waals surface area contributed by atoms with Crippen LogP contribution in [0.1, 0.15) is 50.7 Å². The Labute approximate surface area is 150 Å². The topological polar surface area (TPSA) is 49.7 Å². The van der Waals surface area contributed by atoms with Crippen LogP contribution in [-0.4, -0.2) is 28.5 Å². The second-order valence-corrected chi connectivity index (χ2v) is 7.24. The average molecular weight is 340 g/mol. The number of hydrogen-bond donors (Lipinski definition) is 2. The predicted octanol–water partition coefficient (Wildman–Crippen LogP) is 3.44. The maximum Gasteiger partial charge on any atom is 0.126 e. The van der Waals surface area contributed by atoms with Crippen molar-refractivity contribution < 1.29 is 14.9 Å². The Hall–Kier alpha value is -1.76. The highest BCUT2D eigenvalue weighted by Gasteiger charge is 2.48. The monoisotopic (exact) mass is 340 g/mol. The average Bonchev–Trinajstić information content (AvgIpc) is 3.12. The van der Waals surface area contributed by atoms with Gasteiger partial charge in [-0.3, -0.25) is 0 Å². The van der Waals surface area contributed by atoms with Gasteiger partial charge in [0.05, 0.1) is 12.2 Å². The minimum absolute atomic E-state index is 0.0162. The van der Waals surface area contributed by atoms with Crippen molar-refractivity contribution in [2.75, 3.05) is 0 Å². The number of benzene rings is 1. The van der Waals surface area contributed by atoms with Crippen LogP contribution < -0.4 is 4.74 Å². The fourth-order valence-electron chi connectivity index (χ4n) is 4.06. The Kier molecular flexibility index (Phi) is 5.51. The van der Waals surface area contributed by atoms with Gasteiger partial charge in [-0.2, -0.15) is 0 Å². The van der Waals surface area contributed by atoms with Crippen LogP contribution in [0.25, 0.3) is 0 Å². The minimum atomic E-state index is -0.545. The Balaban J connectivity index is 1.79. The first-order chi connectivity index (χ1) is 12.1. The molecule has 3 rings (SSSR count). The number of fused-ring (bicyclic) bond motifs is 3. The number of aryl methyl sites for hydroxylation is 1. The van der Waals surface area contributed by atoms with Gasteiger partial charge in [0.25, 0.3) is 0 Å².